The monoisotopic (exact) mass is 655 g/mol. The van der Waals surface area contributed by atoms with Crippen LogP contribution in [-0.4, -0.2) is 41.7 Å². The van der Waals surface area contributed by atoms with Gasteiger partial charge in [-0.1, -0.05) is 59.0 Å². The number of para-hydroxylation sites is 1. The van der Waals surface area contributed by atoms with E-state index in [4.69, 9.17) is 9.47 Å². The average Bonchev–Trinajstić information content (AvgIpc) is 3.50. The Morgan fingerprint density at radius 3 is 2.44 bits per heavy atom. The zero-order chi connectivity index (χ0) is 32.0. The van der Waals surface area contributed by atoms with Gasteiger partial charge in [-0.3, -0.25) is 19.2 Å². The fourth-order valence-electron chi connectivity index (χ4n) is 5.49. The second-order valence-corrected chi connectivity index (χ2v) is 12.6. The first-order valence-electron chi connectivity index (χ1n) is 13.6. The smallest absolute Gasteiger partial charge is 0.418 e. The standard InChI is InChI=1S/C31H24F3N3O6S2/c1-15-7-10-17(11-8-15)37-28(39)24-23(25-27(36-30(41)45-25)44-26(24)29(37)40)16-9-12-20(21(13-16)42-2)43-14-22(38)35-19-6-4-3-5-18(19)31(32,33)34/h3-13,23-24,26H,14H2,1-2H3,(H,35,38)(H,36,41). The van der Waals surface area contributed by atoms with Crippen molar-refractivity contribution in [2.45, 2.75) is 29.3 Å². The molecule has 1 saturated heterocycles. The maximum absolute atomic E-state index is 13.9. The number of nitrogens with zero attached hydrogens (tertiary/aromatic N) is 1. The van der Waals surface area contributed by atoms with Crippen molar-refractivity contribution in [3.63, 3.8) is 0 Å². The Bertz CT molecular complexity index is 1870. The lowest BCUT2D eigenvalue weighted by atomic mass is 9.83. The first-order chi connectivity index (χ1) is 21.5. The molecule has 3 unspecified atom stereocenters. The maximum Gasteiger partial charge on any atom is 0.418 e. The van der Waals surface area contributed by atoms with Gasteiger partial charge in [-0.05, 0) is 48.9 Å². The lowest BCUT2D eigenvalue weighted by Crippen LogP contribution is -2.32. The van der Waals surface area contributed by atoms with Crippen LogP contribution in [0.25, 0.3) is 0 Å². The van der Waals surface area contributed by atoms with E-state index in [1.165, 1.54) is 30.2 Å². The lowest BCUT2D eigenvalue weighted by molar-refractivity contribution is -0.137. The molecule has 1 aromatic heterocycles. The number of H-pyrrole nitrogens is 1. The van der Waals surface area contributed by atoms with Gasteiger partial charge in [0.2, 0.25) is 11.8 Å². The molecule has 9 nitrogen and oxygen atoms in total. The van der Waals surface area contributed by atoms with Crippen molar-refractivity contribution < 1.29 is 37.0 Å². The van der Waals surface area contributed by atoms with Crippen molar-refractivity contribution in [2.24, 2.45) is 5.92 Å². The molecule has 2 aliphatic rings. The van der Waals surface area contributed by atoms with E-state index in [9.17, 15) is 32.3 Å². The molecule has 0 aliphatic carbocycles. The molecule has 45 heavy (non-hydrogen) atoms. The van der Waals surface area contributed by atoms with Crippen LogP contribution in [0, 0.1) is 12.8 Å². The summed E-state index contributed by atoms with van der Waals surface area (Å²) in [6.07, 6.45) is -4.66. The number of nitrogens with one attached hydrogen (secondary N) is 2. The van der Waals surface area contributed by atoms with Gasteiger partial charge < -0.3 is 19.8 Å². The molecule has 3 aromatic carbocycles. The van der Waals surface area contributed by atoms with Crippen LogP contribution in [0.15, 0.2) is 76.6 Å². The minimum Gasteiger partial charge on any atom is -0.493 e. The molecule has 14 heteroatoms. The highest BCUT2D eigenvalue weighted by Crippen LogP contribution is 2.53. The molecule has 2 aliphatic heterocycles. The number of imide groups is 1. The van der Waals surface area contributed by atoms with Crippen molar-refractivity contribution in [3.8, 4) is 11.5 Å². The van der Waals surface area contributed by atoms with Crippen LogP contribution < -0.4 is 24.6 Å². The molecule has 0 radical (unpaired) electrons. The highest BCUT2D eigenvalue weighted by molar-refractivity contribution is 8.00. The van der Waals surface area contributed by atoms with Gasteiger partial charge in [0.1, 0.15) is 5.25 Å². The van der Waals surface area contributed by atoms with Gasteiger partial charge in [0, 0.05) is 10.8 Å². The van der Waals surface area contributed by atoms with Gasteiger partial charge in [0.15, 0.2) is 18.1 Å². The molecule has 4 aromatic rings. The number of thioether (sulfide) groups is 1. The van der Waals surface area contributed by atoms with Crippen molar-refractivity contribution in [3.05, 3.63) is 98.0 Å². The van der Waals surface area contributed by atoms with Crippen LogP contribution >= 0.6 is 23.1 Å². The summed E-state index contributed by atoms with van der Waals surface area (Å²) in [6.45, 7) is 1.28. The predicted molar refractivity (Wildman–Crippen MR) is 162 cm³/mol. The zero-order valence-corrected chi connectivity index (χ0v) is 25.3. The lowest BCUT2D eigenvalue weighted by Gasteiger charge is -2.30. The SMILES string of the molecule is COc1cc(C2c3sc(=O)[nH]c3SC3C(=O)N(c4ccc(C)cc4)C(=O)C32)ccc1OCC(=O)Nc1ccccc1C(F)(F)F. The van der Waals surface area contributed by atoms with E-state index in [1.807, 2.05) is 19.1 Å². The number of amides is 3. The van der Waals surface area contributed by atoms with Crippen LogP contribution in [0.1, 0.15) is 27.5 Å². The van der Waals surface area contributed by atoms with E-state index in [0.29, 0.717) is 21.2 Å². The summed E-state index contributed by atoms with van der Waals surface area (Å²) in [7, 11) is 1.37. The van der Waals surface area contributed by atoms with E-state index >= 15 is 0 Å². The van der Waals surface area contributed by atoms with Crippen molar-refractivity contribution >= 4 is 52.2 Å². The number of alkyl halides is 3. The van der Waals surface area contributed by atoms with E-state index < -0.39 is 52.9 Å². The number of aromatic amines is 1. The number of rotatable bonds is 7. The fraction of sp³-hybridized carbons (Fsp3) is 0.226. The number of aryl methyl sites for hydroxylation is 1. The summed E-state index contributed by atoms with van der Waals surface area (Å²) in [5, 5.41) is 1.95. The molecule has 0 saturated carbocycles. The number of methoxy groups -OCH3 is 1. The van der Waals surface area contributed by atoms with Crippen molar-refractivity contribution in [1.29, 1.82) is 0 Å². The van der Waals surface area contributed by atoms with Gasteiger partial charge in [-0.15, -0.1) is 0 Å². The molecule has 1 fully saturated rings. The summed E-state index contributed by atoms with van der Waals surface area (Å²) in [4.78, 5) is 56.7. The summed E-state index contributed by atoms with van der Waals surface area (Å²) >= 11 is 2.12. The number of benzene rings is 3. The number of ether oxygens (including phenoxy) is 2. The molecule has 3 amide bonds. The number of anilines is 2. The molecule has 232 valence electrons. The molecular weight excluding hydrogens is 631 g/mol. The Balaban J connectivity index is 1.28. The van der Waals surface area contributed by atoms with Gasteiger partial charge in [-0.25, -0.2) is 4.90 Å². The van der Waals surface area contributed by atoms with Gasteiger partial charge in [0.25, 0.3) is 5.91 Å². The second-order valence-electron chi connectivity index (χ2n) is 10.4. The minimum atomic E-state index is -4.66. The molecule has 6 rings (SSSR count). The Morgan fingerprint density at radius 1 is 1.00 bits per heavy atom. The number of hydrogen-bond acceptors (Lipinski definition) is 8. The topological polar surface area (TPSA) is 118 Å². The molecule has 3 atom stereocenters. The second kappa shape index (κ2) is 11.7. The number of aromatic nitrogens is 1. The number of carbonyl (C=O) groups excluding carboxylic acids is 3. The van der Waals surface area contributed by atoms with Gasteiger partial charge in [-0.2, -0.15) is 13.2 Å². The van der Waals surface area contributed by atoms with Crippen molar-refractivity contribution in [2.75, 3.05) is 23.9 Å². The van der Waals surface area contributed by atoms with E-state index in [-0.39, 0.29) is 22.3 Å². The third kappa shape index (κ3) is 5.71. The number of carbonyl (C=O) groups is 3. The summed E-state index contributed by atoms with van der Waals surface area (Å²) < 4.78 is 51.1. The van der Waals surface area contributed by atoms with Crippen LogP contribution in [0.5, 0.6) is 11.5 Å². The Labute approximate surface area is 262 Å². The third-order valence-electron chi connectivity index (χ3n) is 7.53. The summed E-state index contributed by atoms with van der Waals surface area (Å²) in [6, 6.07) is 16.4. The first kappa shape index (κ1) is 30.5. The van der Waals surface area contributed by atoms with E-state index in [1.54, 1.807) is 24.3 Å². The van der Waals surface area contributed by atoms with Crippen LogP contribution in [0.4, 0.5) is 24.5 Å². The molecule has 3 heterocycles. The average molecular weight is 656 g/mol. The highest BCUT2D eigenvalue weighted by atomic mass is 32.2. The third-order valence-corrected chi connectivity index (χ3v) is 9.93. The normalized spacial score (nSPS) is 19.2. The van der Waals surface area contributed by atoms with Crippen molar-refractivity contribution in [1.82, 2.24) is 4.98 Å². The number of thiazole rings is 1. The molecule has 2 N–H and O–H groups in total. The largest absolute Gasteiger partial charge is 0.493 e. The Hall–Kier alpha value is -4.56. The van der Waals surface area contributed by atoms with Crippen LogP contribution in [0.3, 0.4) is 0 Å². The fourth-order valence-corrected chi connectivity index (χ4v) is 8.01. The summed E-state index contributed by atoms with van der Waals surface area (Å²) in [5.41, 5.74) is 0.610. The summed E-state index contributed by atoms with van der Waals surface area (Å²) in [5.74, 6) is -2.79. The van der Waals surface area contributed by atoms with E-state index in [2.05, 4.69) is 10.3 Å². The molecular formula is C31H24F3N3O6S2. The van der Waals surface area contributed by atoms with Crippen LogP contribution in [-0.2, 0) is 20.6 Å². The predicted octanol–water partition coefficient (Wildman–Crippen LogP) is 5.59. The van der Waals surface area contributed by atoms with E-state index in [0.717, 1.165) is 40.8 Å². The highest BCUT2D eigenvalue weighted by Gasteiger charge is 2.56. The number of fused-ring (bicyclic) bond motifs is 2. The Kier molecular flexibility index (Phi) is 7.95. The van der Waals surface area contributed by atoms with Gasteiger partial charge in [0.05, 0.1) is 35.0 Å². The molecule has 0 spiro atoms. The Morgan fingerprint density at radius 2 is 1.73 bits per heavy atom. The zero-order valence-electron chi connectivity index (χ0n) is 23.6. The molecule has 0 bridgehead atoms. The van der Waals surface area contributed by atoms with Crippen LogP contribution in [0.2, 0.25) is 0 Å². The first-order valence-corrected chi connectivity index (χ1v) is 15.3. The van der Waals surface area contributed by atoms with Gasteiger partial charge >= 0.3 is 11.0 Å². The quantitative estimate of drug-likeness (QED) is 0.250. The number of halogens is 3. The minimum absolute atomic E-state index is 0.125. The number of hydrogen-bond donors (Lipinski definition) is 2. The maximum atomic E-state index is 13.9.